The molecule has 1 aromatic carbocycles. The monoisotopic (exact) mass is 372 g/mol. The Kier molecular flexibility index (Phi) is 5.55. The van der Waals surface area contributed by atoms with Gasteiger partial charge in [-0.25, -0.2) is 4.68 Å². The molecule has 1 fully saturated rings. The number of aromatic nitrogens is 2. The first kappa shape index (κ1) is 19.0. The van der Waals surface area contributed by atoms with Crippen molar-refractivity contribution in [3.63, 3.8) is 0 Å². The first-order chi connectivity index (χ1) is 12.9. The fourth-order valence-electron chi connectivity index (χ4n) is 3.74. The van der Waals surface area contributed by atoms with Crippen LogP contribution in [0.2, 0.25) is 0 Å². The number of fused-ring (bicyclic) bond motifs is 1. The van der Waals surface area contributed by atoms with E-state index in [9.17, 15) is 14.4 Å². The Labute approximate surface area is 156 Å². The smallest absolute Gasteiger partial charge is 0.304 e. The normalized spacial score (nSPS) is 20.1. The number of nitrogens with one attached hydrogen (secondary N) is 1. The molecule has 144 valence electrons. The average molecular weight is 372 g/mol. The first-order valence-corrected chi connectivity index (χ1v) is 9.02. The highest BCUT2D eigenvalue weighted by molar-refractivity contribution is 5.88. The highest BCUT2D eigenvalue weighted by Gasteiger charge is 2.31. The fraction of sp³-hybridized carbons (Fsp3) is 0.474. The summed E-state index contributed by atoms with van der Waals surface area (Å²) in [5.74, 6) is -0.967. The minimum Gasteiger partial charge on any atom is -0.481 e. The molecule has 3 rings (SSSR count). The van der Waals surface area contributed by atoms with Crippen molar-refractivity contribution in [2.24, 2.45) is 7.05 Å². The number of benzene rings is 1. The number of amides is 1. The Hall–Kier alpha value is -2.74. The molecule has 0 aliphatic carbocycles. The predicted octanol–water partition coefficient (Wildman–Crippen LogP) is 0.530. The zero-order valence-corrected chi connectivity index (χ0v) is 15.5. The minimum atomic E-state index is -0.802. The lowest BCUT2D eigenvalue weighted by atomic mass is 10.1. The molecule has 0 saturated carbocycles. The lowest BCUT2D eigenvalue weighted by Crippen LogP contribution is -2.42. The van der Waals surface area contributed by atoms with Gasteiger partial charge in [-0.05, 0) is 26.0 Å². The van der Waals surface area contributed by atoms with E-state index in [-0.39, 0.29) is 36.4 Å². The zero-order chi connectivity index (χ0) is 19.6. The summed E-state index contributed by atoms with van der Waals surface area (Å²) in [7, 11) is 3.48. The molecule has 1 aromatic heterocycles. The molecular formula is C19H24N4O4. The molecular weight excluding hydrogens is 348 g/mol. The van der Waals surface area contributed by atoms with Crippen molar-refractivity contribution in [1.82, 2.24) is 20.0 Å². The highest BCUT2D eigenvalue weighted by Crippen LogP contribution is 2.24. The predicted molar refractivity (Wildman–Crippen MR) is 101 cm³/mol. The molecule has 2 heterocycles. The summed E-state index contributed by atoms with van der Waals surface area (Å²) in [6.45, 7) is 0.467. The van der Waals surface area contributed by atoms with Gasteiger partial charge in [0.1, 0.15) is 0 Å². The minimum absolute atomic E-state index is 0.0126. The van der Waals surface area contributed by atoms with Gasteiger partial charge in [-0.3, -0.25) is 19.3 Å². The molecule has 1 aliphatic heterocycles. The molecule has 1 saturated heterocycles. The molecule has 1 aliphatic rings. The van der Waals surface area contributed by atoms with Crippen molar-refractivity contribution < 1.29 is 14.7 Å². The Morgan fingerprint density at radius 2 is 1.85 bits per heavy atom. The van der Waals surface area contributed by atoms with Crippen LogP contribution in [-0.4, -0.2) is 57.3 Å². The van der Waals surface area contributed by atoms with Crippen LogP contribution in [0, 0.1) is 0 Å². The molecule has 8 nitrogen and oxygen atoms in total. The number of likely N-dealkylation sites (tertiary alicyclic amines) is 1. The van der Waals surface area contributed by atoms with E-state index in [4.69, 9.17) is 5.11 Å². The maximum atomic E-state index is 12.4. The number of nitrogens with zero attached hydrogens (tertiary/aromatic N) is 3. The molecule has 1 amide bonds. The number of carboxylic acids is 1. The quantitative estimate of drug-likeness (QED) is 0.766. The van der Waals surface area contributed by atoms with Crippen LogP contribution in [0.3, 0.4) is 0 Å². The van der Waals surface area contributed by atoms with Crippen LogP contribution >= 0.6 is 0 Å². The molecule has 0 unspecified atom stereocenters. The Morgan fingerprint density at radius 3 is 2.56 bits per heavy atom. The average Bonchev–Trinajstić information content (AvgIpc) is 2.97. The SMILES string of the molecule is CN1[C@@H](CC(=O)O)CC[C@H]1CNC(=O)Cc1nn(C)c(=O)c2ccccc12. The van der Waals surface area contributed by atoms with E-state index in [2.05, 4.69) is 10.4 Å². The van der Waals surface area contributed by atoms with Gasteiger partial charge in [0.15, 0.2) is 0 Å². The van der Waals surface area contributed by atoms with Crippen LogP contribution < -0.4 is 10.9 Å². The summed E-state index contributed by atoms with van der Waals surface area (Å²) in [6.07, 6.45) is 1.88. The summed E-state index contributed by atoms with van der Waals surface area (Å²) < 4.78 is 1.26. The molecule has 0 spiro atoms. The van der Waals surface area contributed by atoms with Gasteiger partial charge in [-0.2, -0.15) is 5.10 Å². The number of aliphatic carboxylic acids is 1. The van der Waals surface area contributed by atoms with Crippen molar-refractivity contribution in [2.45, 2.75) is 37.8 Å². The third kappa shape index (κ3) is 4.16. The topological polar surface area (TPSA) is 105 Å². The third-order valence-electron chi connectivity index (χ3n) is 5.29. The van der Waals surface area contributed by atoms with Crippen molar-refractivity contribution in [3.8, 4) is 0 Å². The van der Waals surface area contributed by atoms with Crippen LogP contribution in [0.15, 0.2) is 29.1 Å². The maximum absolute atomic E-state index is 12.4. The van der Waals surface area contributed by atoms with Crippen LogP contribution in [0.5, 0.6) is 0 Å². The molecule has 2 atom stereocenters. The van der Waals surface area contributed by atoms with Gasteiger partial charge >= 0.3 is 5.97 Å². The number of hydrogen-bond acceptors (Lipinski definition) is 5. The van der Waals surface area contributed by atoms with Crippen molar-refractivity contribution >= 4 is 22.6 Å². The summed E-state index contributed by atoms with van der Waals surface area (Å²) in [5, 5.41) is 17.4. The third-order valence-corrected chi connectivity index (χ3v) is 5.29. The van der Waals surface area contributed by atoms with E-state index in [0.717, 1.165) is 12.8 Å². The van der Waals surface area contributed by atoms with Gasteiger partial charge in [0.05, 0.1) is 23.9 Å². The van der Waals surface area contributed by atoms with E-state index >= 15 is 0 Å². The number of likely N-dealkylation sites (N-methyl/N-ethyl adjacent to an activating group) is 1. The Balaban J connectivity index is 1.64. The largest absolute Gasteiger partial charge is 0.481 e. The van der Waals surface area contributed by atoms with Gasteiger partial charge < -0.3 is 10.4 Å². The lowest BCUT2D eigenvalue weighted by Gasteiger charge is -2.25. The molecule has 2 aromatic rings. The number of carbonyl (C=O) groups is 2. The number of carbonyl (C=O) groups excluding carboxylic acids is 1. The van der Waals surface area contributed by atoms with Gasteiger partial charge in [-0.1, -0.05) is 18.2 Å². The second kappa shape index (κ2) is 7.87. The second-order valence-corrected chi connectivity index (χ2v) is 7.05. The Bertz CT molecular complexity index is 924. The van der Waals surface area contributed by atoms with E-state index < -0.39 is 5.97 Å². The standard InChI is InChI=1S/C19H24N4O4/c1-22-12(9-18(25)26)7-8-13(22)11-20-17(24)10-16-14-5-3-4-6-15(14)19(27)23(2)21-16/h3-6,12-13H,7-11H2,1-2H3,(H,20,24)(H,25,26)/t12-,13+/m1/s1. The van der Waals surface area contributed by atoms with Crippen molar-refractivity contribution in [2.75, 3.05) is 13.6 Å². The van der Waals surface area contributed by atoms with Crippen LogP contribution in [0.4, 0.5) is 0 Å². The van der Waals surface area contributed by atoms with Gasteiger partial charge in [0, 0.05) is 31.1 Å². The lowest BCUT2D eigenvalue weighted by molar-refractivity contribution is -0.138. The highest BCUT2D eigenvalue weighted by atomic mass is 16.4. The number of carboxylic acid groups (broad SMARTS) is 1. The molecule has 0 bridgehead atoms. The van der Waals surface area contributed by atoms with E-state index in [1.54, 1.807) is 25.2 Å². The summed E-state index contributed by atoms with van der Waals surface area (Å²) in [6, 6.07) is 7.28. The van der Waals surface area contributed by atoms with Gasteiger partial charge in [-0.15, -0.1) is 0 Å². The maximum Gasteiger partial charge on any atom is 0.304 e. The molecule has 2 N–H and O–H groups in total. The Morgan fingerprint density at radius 1 is 1.19 bits per heavy atom. The summed E-state index contributed by atoms with van der Waals surface area (Å²) in [5.41, 5.74) is 0.376. The number of rotatable bonds is 6. The number of aryl methyl sites for hydroxylation is 1. The number of hydrogen-bond donors (Lipinski definition) is 2. The van der Waals surface area contributed by atoms with Crippen LogP contribution in [0.25, 0.3) is 10.8 Å². The van der Waals surface area contributed by atoms with E-state index in [0.29, 0.717) is 23.0 Å². The van der Waals surface area contributed by atoms with Crippen LogP contribution in [-0.2, 0) is 23.1 Å². The molecule has 27 heavy (non-hydrogen) atoms. The van der Waals surface area contributed by atoms with Gasteiger partial charge in [0.25, 0.3) is 5.56 Å². The van der Waals surface area contributed by atoms with Crippen molar-refractivity contribution in [1.29, 1.82) is 0 Å². The first-order valence-electron chi connectivity index (χ1n) is 9.02. The van der Waals surface area contributed by atoms with E-state index in [1.165, 1.54) is 4.68 Å². The van der Waals surface area contributed by atoms with E-state index in [1.807, 2.05) is 18.0 Å². The fourth-order valence-corrected chi connectivity index (χ4v) is 3.74. The van der Waals surface area contributed by atoms with Gasteiger partial charge in [0.2, 0.25) is 5.91 Å². The molecule has 8 heteroatoms. The molecule has 0 radical (unpaired) electrons. The summed E-state index contributed by atoms with van der Waals surface area (Å²) in [4.78, 5) is 37.5. The second-order valence-electron chi connectivity index (χ2n) is 7.05. The summed E-state index contributed by atoms with van der Waals surface area (Å²) >= 11 is 0. The van der Waals surface area contributed by atoms with Crippen LogP contribution in [0.1, 0.15) is 25.0 Å². The van der Waals surface area contributed by atoms with Crippen molar-refractivity contribution in [3.05, 3.63) is 40.3 Å². The zero-order valence-electron chi connectivity index (χ0n) is 15.5.